The molecule has 5 nitrogen and oxygen atoms in total. The number of carbonyl (C=O) groups is 2. The molecule has 0 spiro atoms. The minimum Gasteiger partial charge on any atom is -0.457 e. The first-order valence-electron chi connectivity index (χ1n) is 11.2. The monoisotopic (exact) mass is 427 g/mol. The van der Waals surface area contributed by atoms with E-state index in [0.29, 0.717) is 24.0 Å². The summed E-state index contributed by atoms with van der Waals surface area (Å²) in [6.07, 6.45) is 5.25. The molecule has 31 heavy (non-hydrogen) atoms. The van der Waals surface area contributed by atoms with Crippen LogP contribution in [0.25, 0.3) is 0 Å². The highest BCUT2D eigenvalue weighted by molar-refractivity contribution is 5.99. The third-order valence-corrected chi connectivity index (χ3v) is 6.84. The largest absolute Gasteiger partial charge is 0.457 e. The molecule has 6 heteroatoms. The molecule has 2 heterocycles. The Kier molecular flexibility index (Phi) is 6.28. The first-order valence-corrected chi connectivity index (χ1v) is 11.2. The van der Waals surface area contributed by atoms with Crippen LogP contribution >= 0.6 is 0 Å². The summed E-state index contributed by atoms with van der Waals surface area (Å²) in [6, 6.07) is 8.03. The van der Waals surface area contributed by atoms with Gasteiger partial charge in [0.25, 0.3) is 0 Å². The highest BCUT2D eigenvalue weighted by atomic mass is 19.1. The van der Waals surface area contributed by atoms with E-state index in [1.807, 2.05) is 19.9 Å². The summed E-state index contributed by atoms with van der Waals surface area (Å²) in [5.41, 5.74) is 2.22. The van der Waals surface area contributed by atoms with Gasteiger partial charge in [-0.3, -0.25) is 9.59 Å². The Morgan fingerprint density at radius 3 is 2.65 bits per heavy atom. The van der Waals surface area contributed by atoms with Gasteiger partial charge in [-0.05, 0) is 63.3 Å². The number of ether oxygens (including phenoxy) is 2. The maximum absolute atomic E-state index is 13.8. The number of esters is 1. The van der Waals surface area contributed by atoms with Gasteiger partial charge in [-0.2, -0.15) is 0 Å². The summed E-state index contributed by atoms with van der Waals surface area (Å²) in [6.45, 7) is 5.11. The van der Waals surface area contributed by atoms with Crippen molar-refractivity contribution in [2.75, 3.05) is 13.2 Å². The Morgan fingerprint density at radius 1 is 1.19 bits per heavy atom. The maximum atomic E-state index is 13.8. The van der Waals surface area contributed by atoms with Crippen molar-refractivity contribution in [1.82, 2.24) is 4.57 Å². The molecule has 1 aromatic carbocycles. The fourth-order valence-corrected chi connectivity index (χ4v) is 5.08. The Labute approximate surface area is 182 Å². The molecule has 4 rings (SSSR count). The molecule has 2 fully saturated rings. The standard InChI is InChI=1S/C25H30FNO4/c1-17-13-22(18(2)27(17)15-21-9-6-12-30-21)23(28)16-31-24(29)25(10-3-4-11-25)19-7-5-8-20(26)14-19/h5,7-8,13-14,21H,3-4,6,9-12,15-16H2,1-2H3/t21-/m0/s1. The number of ketones is 1. The number of carbonyl (C=O) groups excluding carboxylic acids is 2. The zero-order valence-corrected chi connectivity index (χ0v) is 18.3. The minimum atomic E-state index is -0.862. The van der Waals surface area contributed by atoms with Crippen LogP contribution in [0.2, 0.25) is 0 Å². The summed E-state index contributed by atoms with van der Waals surface area (Å²) in [4.78, 5) is 26.0. The van der Waals surface area contributed by atoms with Gasteiger partial charge in [0, 0.05) is 30.1 Å². The molecule has 0 N–H and O–H groups in total. The summed E-state index contributed by atoms with van der Waals surface area (Å²) in [5.74, 6) is -1.02. The number of nitrogens with zero attached hydrogens (tertiary/aromatic N) is 1. The molecule has 166 valence electrons. The lowest BCUT2D eigenvalue weighted by Crippen LogP contribution is -2.36. The van der Waals surface area contributed by atoms with Gasteiger partial charge >= 0.3 is 5.97 Å². The highest BCUT2D eigenvalue weighted by Crippen LogP contribution is 2.42. The number of Topliss-reactive ketones (excluding diaryl/α,β-unsaturated/α-hetero) is 1. The van der Waals surface area contributed by atoms with Crippen molar-refractivity contribution >= 4 is 11.8 Å². The van der Waals surface area contributed by atoms with Gasteiger partial charge in [0.2, 0.25) is 5.78 Å². The van der Waals surface area contributed by atoms with Crippen molar-refractivity contribution in [2.24, 2.45) is 0 Å². The topological polar surface area (TPSA) is 57.5 Å². The lowest BCUT2D eigenvalue weighted by Gasteiger charge is -2.27. The molecule has 0 bridgehead atoms. The van der Waals surface area contributed by atoms with E-state index < -0.39 is 11.4 Å². The van der Waals surface area contributed by atoms with Crippen molar-refractivity contribution in [1.29, 1.82) is 0 Å². The van der Waals surface area contributed by atoms with E-state index in [2.05, 4.69) is 4.57 Å². The SMILES string of the molecule is Cc1cc(C(=O)COC(=O)C2(c3cccc(F)c3)CCCC2)c(C)n1C[C@@H]1CCCO1. The number of halogens is 1. The number of rotatable bonds is 7. The zero-order valence-electron chi connectivity index (χ0n) is 18.3. The molecule has 1 saturated carbocycles. The molecule has 0 radical (unpaired) electrons. The van der Waals surface area contributed by atoms with Crippen molar-refractivity contribution in [3.05, 3.63) is 58.7 Å². The van der Waals surface area contributed by atoms with Gasteiger partial charge in [0.1, 0.15) is 5.82 Å². The Morgan fingerprint density at radius 2 is 1.97 bits per heavy atom. The van der Waals surface area contributed by atoms with Crippen LogP contribution < -0.4 is 0 Å². The lowest BCUT2D eigenvalue weighted by atomic mass is 9.79. The lowest BCUT2D eigenvalue weighted by molar-refractivity contribution is -0.149. The van der Waals surface area contributed by atoms with Gasteiger partial charge in [0.15, 0.2) is 6.61 Å². The number of aryl methyl sites for hydroxylation is 1. The number of hydrogen-bond acceptors (Lipinski definition) is 4. The average molecular weight is 428 g/mol. The van der Waals surface area contributed by atoms with Crippen LogP contribution in [0.4, 0.5) is 4.39 Å². The number of aromatic nitrogens is 1. The smallest absolute Gasteiger partial charge is 0.317 e. The molecule has 1 aliphatic carbocycles. The van der Waals surface area contributed by atoms with Gasteiger partial charge in [-0.15, -0.1) is 0 Å². The van der Waals surface area contributed by atoms with Crippen LogP contribution in [0, 0.1) is 19.7 Å². The van der Waals surface area contributed by atoms with Crippen LogP contribution in [-0.4, -0.2) is 35.6 Å². The van der Waals surface area contributed by atoms with Crippen LogP contribution in [-0.2, 0) is 26.2 Å². The second-order valence-electron chi connectivity index (χ2n) is 8.83. The van der Waals surface area contributed by atoms with Crippen LogP contribution in [0.5, 0.6) is 0 Å². The predicted molar refractivity (Wildman–Crippen MR) is 115 cm³/mol. The molecule has 0 amide bonds. The Hall–Kier alpha value is -2.47. The van der Waals surface area contributed by atoms with Gasteiger partial charge < -0.3 is 14.0 Å². The first-order chi connectivity index (χ1) is 14.9. The zero-order chi connectivity index (χ0) is 22.0. The fourth-order valence-electron chi connectivity index (χ4n) is 5.08. The van der Waals surface area contributed by atoms with Crippen molar-refractivity contribution in [2.45, 2.75) is 70.4 Å². The van der Waals surface area contributed by atoms with Crippen molar-refractivity contribution < 1.29 is 23.5 Å². The van der Waals surface area contributed by atoms with E-state index in [4.69, 9.17) is 9.47 Å². The van der Waals surface area contributed by atoms with Gasteiger partial charge in [0.05, 0.1) is 11.5 Å². The Bertz CT molecular complexity index is 968. The van der Waals surface area contributed by atoms with Crippen LogP contribution in [0.1, 0.15) is 65.8 Å². The normalized spacial score (nSPS) is 20.2. The number of benzene rings is 1. The molecule has 1 saturated heterocycles. The summed E-state index contributed by atoms with van der Waals surface area (Å²) in [5, 5.41) is 0. The molecular formula is C25H30FNO4. The van der Waals surface area contributed by atoms with Gasteiger partial charge in [-0.1, -0.05) is 25.0 Å². The number of hydrogen-bond donors (Lipinski definition) is 0. The van der Waals surface area contributed by atoms with E-state index in [-0.39, 0.29) is 24.3 Å². The van der Waals surface area contributed by atoms with E-state index in [1.165, 1.54) is 12.1 Å². The second kappa shape index (κ2) is 8.95. The maximum Gasteiger partial charge on any atom is 0.317 e. The summed E-state index contributed by atoms with van der Waals surface area (Å²) >= 11 is 0. The molecule has 1 aromatic heterocycles. The van der Waals surface area contributed by atoms with Crippen molar-refractivity contribution in [3.8, 4) is 0 Å². The van der Waals surface area contributed by atoms with Gasteiger partial charge in [-0.25, -0.2) is 4.39 Å². The third-order valence-electron chi connectivity index (χ3n) is 6.84. The van der Waals surface area contributed by atoms with E-state index in [0.717, 1.165) is 50.2 Å². The predicted octanol–water partition coefficient (Wildman–Crippen LogP) is 4.66. The molecule has 1 atom stereocenters. The molecule has 1 aliphatic heterocycles. The summed E-state index contributed by atoms with van der Waals surface area (Å²) < 4.78 is 27.2. The molecule has 2 aromatic rings. The second-order valence-corrected chi connectivity index (χ2v) is 8.83. The van der Waals surface area contributed by atoms with E-state index in [9.17, 15) is 14.0 Å². The average Bonchev–Trinajstić information content (AvgIpc) is 3.50. The van der Waals surface area contributed by atoms with Crippen LogP contribution in [0.3, 0.4) is 0 Å². The van der Waals surface area contributed by atoms with E-state index >= 15 is 0 Å². The third kappa shape index (κ3) is 4.31. The highest BCUT2D eigenvalue weighted by Gasteiger charge is 2.44. The quantitative estimate of drug-likeness (QED) is 0.476. The molecular weight excluding hydrogens is 397 g/mol. The summed E-state index contributed by atoms with van der Waals surface area (Å²) in [7, 11) is 0. The molecule has 0 unspecified atom stereocenters. The fraction of sp³-hybridized carbons (Fsp3) is 0.520. The van der Waals surface area contributed by atoms with E-state index in [1.54, 1.807) is 12.1 Å². The minimum absolute atomic E-state index is 0.180. The first kappa shape index (κ1) is 21.8. The van der Waals surface area contributed by atoms with Crippen LogP contribution in [0.15, 0.2) is 30.3 Å². The molecule has 2 aliphatic rings. The Balaban J connectivity index is 1.46. The van der Waals surface area contributed by atoms with Crippen molar-refractivity contribution in [3.63, 3.8) is 0 Å².